The summed E-state index contributed by atoms with van der Waals surface area (Å²) in [7, 11) is 1.67. The van der Waals surface area contributed by atoms with Crippen molar-refractivity contribution in [3.63, 3.8) is 0 Å². The number of ether oxygens (including phenoxy) is 1. The topological polar surface area (TPSA) is 14.2 Å². The van der Waals surface area contributed by atoms with E-state index < -0.39 is 0 Å². The molecule has 0 aliphatic heterocycles. The molecule has 0 amide bonds. The van der Waals surface area contributed by atoms with Crippen LogP contribution in [0.15, 0.2) is 24.4 Å². The van der Waals surface area contributed by atoms with Crippen LogP contribution in [0.3, 0.4) is 0 Å². The average Bonchev–Trinajstić information content (AvgIpc) is 2.65. The summed E-state index contributed by atoms with van der Waals surface area (Å²) in [4.78, 5) is 0. The number of aromatic nitrogens is 1. The van der Waals surface area contributed by atoms with Gasteiger partial charge in [-0.1, -0.05) is 6.07 Å². The zero-order valence-electron chi connectivity index (χ0n) is 8.96. The zero-order valence-corrected chi connectivity index (χ0v) is 8.96. The lowest BCUT2D eigenvalue weighted by Crippen LogP contribution is -2.03. The number of nitrogens with zero attached hydrogens (tertiary/aromatic N) is 1. The van der Waals surface area contributed by atoms with Crippen molar-refractivity contribution < 1.29 is 9.13 Å². The molecular weight excluding hydrogens is 193 g/mol. The number of fused-ring (bicyclic) bond motifs is 1. The molecule has 0 fully saturated rings. The lowest BCUT2D eigenvalue weighted by atomic mass is 10.1. The van der Waals surface area contributed by atoms with Crippen molar-refractivity contribution in [3.8, 4) is 0 Å². The highest BCUT2D eigenvalue weighted by Gasteiger charge is 2.07. The van der Waals surface area contributed by atoms with Crippen molar-refractivity contribution in [1.82, 2.24) is 4.57 Å². The Morgan fingerprint density at radius 1 is 1.33 bits per heavy atom. The van der Waals surface area contributed by atoms with Crippen molar-refractivity contribution >= 4 is 10.9 Å². The van der Waals surface area contributed by atoms with Crippen molar-refractivity contribution in [1.29, 1.82) is 0 Å². The summed E-state index contributed by atoms with van der Waals surface area (Å²) in [6.45, 7) is 3.38. The predicted octanol–water partition coefficient (Wildman–Crippen LogP) is 2.74. The predicted molar refractivity (Wildman–Crippen MR) is 58.5 cm³/mol. The van der Waals surface area contributed by atoms with Crippen LogP contribution in [0.4, 0.5) is 4.39 Å². The van der Waals surface area contributed by atoms with Gasteiger partial charge in [0.2, 0.25) is 0 Å². The second-order valence-corrected chi connectivity index (χ2v) is 3.63. The first-order valence-electron chi connectivity index (χ1n) is 4.97. The monoisotopic (exact) mass is 207 g/mol. The minimum absolute atomic E-state index is 0.160. The van der Waals surface area contributed by atoms with Crippen molar-refractivity contribution in [2.45, 2.75) is 13.5 Å². The van der Waals surface area contributed by atoms with Crippen LogP contribution in [-0.2, 0) is 11.3 Å². The molecule has 0 spiro atoms. The normalized spacial score (nSPS) is 11.1. The molecule has 2 aromatic rings. The number of hydrogen-bond acceptors (Lipinski definition) is 1. The van der Waals surface area contributed by atoms with Gasteiger partial charge in [0.05, 0.1) is 12.1 Å². The van der Waals surface area contributed by atoms with Gasteiger partial charge in [-0.2, -0.15) is 0 Å². The first-order chi connectivity index (χ1) is 7.24. The van der Waals surface area contributed by atoms with Crippen LogP contribution in [-0.4, -0.2) is 18.3 Å². The zero-order chi connectivity index (χ0) is 10.8. The smallest absolute Gasteiger partial charge is 0.132 e. The molecule has 1 aromatic heterocycles. The maximum Gasteiger partial charge on any atom is 0.132 e. The number of benzene rings is 1. The molecule has 0 atom stereocenters. The molecule has 1 heterocycles. The molecule has 0 saturated heterocycles. The van der Waals surface area contributed by atoms with Gasteiger partial charge in [0.15, 0.2) is 0 Å². The Morgan fingerprint density at radius 3 is 2.87 bits per heavy atom. The van der Waals surface area contributed by atoms with Crippen molar-refractivity contribution in [2.24, 2.45) is 0 Å². The summed E-state index contributed by atoms with van der Waals surface area (Å²) in [6, 6.07) is 5.13. The summed E-state index contributed by atoms with van der Waals surface area (Å²) in [6.07, 6.45) is 1.90. The van der Waals surface area contributed by atoms with E-state index in [-0.39, 0.29) is 5.82 Å². The quantitative estimate of drug-likeness (QED) is 0.754. The van der Waals surface area contributed by atoms with Gasteiger partial charge in [-0.15, -0.1) is 0 Å². The molecule has 0 aliphatic carbocycles. The third-order valence-electron chi connectivity index (χ3n) is 2.61. The Balaban J connectivity index is 2.53. The molecule has 1 aromatic carbocycles. The number of halogens is 1. The number of hydrogen-bond donors (Lipinski definition) is 0. The first-order valence-corrected chi connectivity index (χ1v) is 4.97. The van der Waals surface area contributed by atoms with Crippen molar-refractivity contribution in [3.05, 3.63) is 35.8 Å². The van der Waals surface area contributed by atoms with E-state index in [1.54, 1.807) is 13.2 Å². The lowest BCUT2D eigenvalue weighted by Gasteiger charge is -2.06. The van der Waals surface area contributed by atoms with E-state index in [4.69, 9.17) is 4.74 Å². The van der Waals surface area contributed by atoms with Crippen LogP contribution >= 0.6 is 0 Å². The van der Waals surface area contributed by atoms with E-state index in [0.717, 1.165) is 17.6 Å². The number of aryl methyl sites for hydroxylation is 1. The summed E-state index contributed by atoms with van der Waals surface area (Å²) >= 11 is 0. The second-order valence-electron chi connectivity index (χ2n) is 3.63. The van der Waals surface area contributed by atoms with Gasteiger partial charge >= 0.3 is 0 Å². The summed E-state index contributed by atoms with van der Waals surface area (Å²) in [5.74, 6) is -0.160. The molecule has 0 N–H and O–H groups in total. The third kappa shape index (κ3) is 1.75. The molecule has 0 aliphatic rings. The standard InChI is InChI=1S/C12H14FNO/c1-9-3-4-11(13)10-5-6-14(12(9)10)7-8-15-2/h3-6H,7-8H2,1-2H3. The fourth-order valence-electron chi connectivity index (χ4n) is 1.85. The second kappa shape index (κ2) is 4.03. The molecule has 3 heteroatoms. The fraction of sp³-hybridized carbons (Fsp3) is 0.333. The molecule has 2 rings (SSSR count). The minimum atomic E-state index is -0.160. The van der Waals surface area contributed by atoms with E-state index in [9.17, 15) is 4.39 Å². The Hall–Kier alpha value is -1.35. The van der Waals surface area contributed by atoms with Gasteiger partial charge in [-0.05, 0) is 24.6 Å². The molecule has 0 bridgehead atoms. The summed E-state index contributed by atoms with van der Waals surface area (Å²) in [5, 5.41) is 0.686. The van der Waals surface area contributed by atoms with Gasteiger partial charge in [0.25, 0.3) is 0 Å². The van der Waals surface area contributed by atoms with Crippen LogP contribution < -0.4 is 0 Å². The van der Waals surface area contributed by atoms with E-state index in [1.165, 1.54) is 6.07 Å². The van der Waals surface area contributed by atoms with Gasteiger partial charge in [0, 0.05) is 25.2 Å². The maximum absolute atomic E-state index is 13.5. The SMILES string of the molecule is COCCn1ccc2c(F)ccc(C)c21. The van der Waals surface area contributed by atoms with Gasteiger partial charge < -0.3 is 9.30 Å². The van der Waals surface area contributed by atoms with E-state index in [1.807, 2.05) is 23.8 Å². The Morgan fingerprint density at radius 2 is 2.13 bits per heavy atom. The number of methoxy groups -OCH3 is 1. The Bertz CT molecular complexity index is 476. The van der Waals surface area contributed by atoms with Gasteiger partial charge in [0.1, 0.15) is 5.82 Å². The first kappa shape index (κ1) is 10.2. The summed E-state index contributed by atoms with van der Waals surface area (Å²) in [5.41, 5.74) is 2.06. The largest absolute Gasteiger partial charge is 0.383 e. The highest BCUT2D eigenvalue weighted by molar-refractivity contribution is 5.83. The van der Waals surface area contributed by atoms with E-state index in [2.05, 4.69) is 0 Å². The molecule has 15 heavy (non-hydrogen) atoms. The average molecular weight is 207 g/mol. The lowest BCUT2D eigenvalue weighted by molar-refractivity contribution is 0.188. The van der Waals surface area contributed by atoms with E-state index in [0.29, 0.717) is 12.0 Å². The van der Waals surface area contributed by atoms with E-state index >= 15 is 0 Å². The maximum atomic E-state index is 13.5. The van der Waals surface area contributed by atoms with Gasteiger partial charge in [-0.3, -0.25) is 0 Å². The van der Waals surface area contributed by atoms with Crippen LogP contribution in [0.5, 0.6) is 0 Å². The summed E-state index contributed by atoms with van der Waals surface area (Å²) < 4.78 is 20.5. The highest BCUT2D eigenvalue weighted by atomic mass is 19.1. The molecule has 0 unspecified atom stereocenters. The molecule has 80 valence electrons. The van der Waals surface area contributed by atoms with Crippen LogP contribution in [0.2, 0.25) is 0 Å². The fourth-order valence-corrected chi connectivity index (χ4v) is 1.85. The third-order valence-corrected chi connectivity index (χ3v) is 2.61. The van der Waals surface area contributed by atoms with Crippen molar-refractivity contribution in [2.75, 3.05) is 13.7 Å². The van der Waals surface area contributed by atoms with Gasteiger partial charge in [-0.25, -0.2) is 4.39 Å². The number of rotatable bonds is 3. The van der Waals surface area contributed by atoms with Crippen LogP contribution in [0.25, 0.3) is 10.9 Å². The van der Waals surface area contributed by atoms with Crippen LogP contribution in [0, 0.1) is 12.7 Å². The minimum Gasteiger partial charge on any atom is -0.383 e. The molecule has 0 radical (unpaired) electrons. The highest BCUT2D eigenvalue weighted by Crippen LogP contribution is 2.22. The molecule has 2 nitrogen and oxygen atoms in total. The van der Waals surface area contributed by atoms with Crippen LogP contribution in [0.1, 0.15) is 5.56 Å². The molecular formula is C12H14FNO. The Kier molecular flexibility index (Phi) is 2.73. The molecule has 0 saturated carbocycles. The Labute approximate surface area is 88.3 Å².